The van der Waals surface area contributed by atoms with E-state index in [2.05, 4.69) is 4.98 Å². The number of aliphatic hydroxyl groups is 1. The number of rotatable bonds is 2. The molecule has 0 fully saturated rings. The Morgan fingerprint density at radius 1 is 1.05 bits per heavy atom. The maximum Gasteiger partial charge on any atom is 0.419 e. The van der Waals surface area contributed by atoms with Gasteiger partial charge in [-0.15, -0.1) is 0 Å². The van der Waals surface area contributed by atoms with Crippen molar-refractivity contribution in [1.82, 2.24) is 4.98 Å². The quantitative estimate of drug-likeness (QED) is 0.859. The zero-order valence-corrected chi connectivity index (χ0v) is 9.83. The molecule has 2 nitrogen and oxygen atoms in total. The fraction of sp³-hybridized carbons (Fsp3) is 0.154. The molecule has 0 aliphatic rings. The molecule has 106 valence electrons. The lowest BCUT2D eigenvalue weighted by Gasteiger charge is -2.14. The minimum atomic E-state index is -4.82. The number of halogens is 5. The van der Waals surface area contributed by atoms with E-state index in [0.717, 1.165) is 18.3 Å². The van der Waals surface area contributed by atoms with Crippen molar-refractivity contribution in [2.75, 3.05) is 0 Å². The van der Waals surface area contributed by atoms with Gasteiger partial charge in [0.15, 0.2) is 0 Å². The zero-order valence-electron chi connectivity index (χ0n) is 9.83. The Balaban J connectivity index is 2.40. The lowest BCUT2D eigenvalue weighted by Crippen LogP contribution is -2.10. The molecule has 0 radical (unpaired) electrons. The first-order valence-corrected chi connectivity index (χ1v) is 5.45. The first-order chi connectivity index (χ1) is 9.30. The fourth-order valence-electron chi connectivity index (χ4n) is 1.72. The van der Waals surface area contributed by atoms with Crippen LogP contribution in [0.2, 0.25) is 0 Å². The molecule has 2 aromatic rings. The van der Waals surface area contributed by atoms with Crippen LogP contribution in [-0.2, 0) is 6.18 Å². The number of pyridine rings is 1. The van der Waals surface area contributed by atoms with Gasteiger partial charge in [0, 0.05) is 11.8 Å². The minimum absolute atomic E-state index is 0.180. The fourth-order valence-corrected chi connectivity index (χ4v) is 1.72. The molecule has 1 aromatic heterocycles. The standard InChI is InChI=1S/C13H8F5NO/c14-10-5-7(1-2-9(10)13(16,17)18)12(20)8-3-4-19-6-11(8)15/h1-6,12,20H. The average Bonchev–Trinajstić information content (AvgIpc) is 2.37. The van der Waals surface area contributed by atoms with Crippen LogP contribution in [-0.4, -0.2) is 10.1 Å². The van der Waals surface area contributed by atoms with E-state index < -0.39 is 29.5 Å². The summed E-state index contributed by atoms with van der Waals surface area (Å²) in [4.78, 5) is 3.48. The molecule has 0 aliphatic heterocycles. The third-order valence-electron chi connectivity index (χ3n) is 2.71. The van der Waals surface area contributed by atoms with Crippen molar-refractivity contribution >= 4 is 0 Å². The zero-order chi connectivity index (χ0) is 14.9. The van der Waals surface area contributed by atoms with Gasteiger partial charge in [-0.3, -0.25) is 4.98 Å². The summed E-state index contributed by atoms with van der Waals surface area (Å²) in [5.74, 6) is -2.36. The summed E-state index contributed by atoms with van der Waals surface area (Å²) in [5, 5.41) is 9.88. The van der Waals surface area contributed by atoms with E-state index in [-0.39, 0.29) is 11.1 Å². The lowest BCUT2D eigenvalue weighted by atomic mass is 10.0. The van der Waals surface area contributed by atoms with Gasteiger partial charge in [0.1, 0.15) is 17.7 Å². The van der Waals surface area contributed by atoms with Crippen LogP contribution in [0.5, 0.6) is 0 Å². The molecule has 0 saturated carbocycles. The van der Waals surface area contributed by atoms with Crippen molar-refractivity contribution in [3.63, 3.8) is 0 Å². The van der Waals surface area contributed by atoms with E-state index in [1.54, 1.807) is 0 Å². The van der Waals surface area contributed by atoms with Gasteiger partial charge in [-0.1, -0.05) is 6.07 Å². The molecular weight excluding hydrogens is 281 g/mol. The molecule has 0 aliphatic carbocycles. The predicted octanol–water partition coefficient (Wildman–Crippen LogP) is 3.46. The number of alkyl halides is 3. The second-order valence-corrected chi connectivity index (χ2v) is 4.04. The third-order valence-corrected chi connectivity index (χ3v) is 2.71. The Morgan fingerprint density at radius 3 is 2.30 bits per heavy atom. The number of hydrogen-bond acceptors (Lipinski definition) is 2. The number of nitrogens with zero attached hydrogens (tertiary/aromatic N) is 1. The molecule has 1 heterocycles. The van der Waals surface area contributed by atoms with Gasteiger partial charge in [-0.2, -0.15) is 13.2 Å². The van der Waals surface area contributed by atoms with Crippen molar-refractivity contribution in [3.8, 4) is 0 Å². The molecule has 1 N–H and O–H groups in total. The number of hydrogen-bond donors (Lipinski definition) is 1. The monoisotopic (exact) mass is 289 g/mol. The number of aromatic nitrogens is 1. The molecule has 0 amide bonds. The normalized spacial score (nSPS) is 13.3. The van der Waals surface area contributed by atoms with Crippen LogP contribution >= 0.6 is 0 Å². The summed E-state index contributed by atoms with van der Waals surface area (Å²) in [6.45, 7) is 0. The molecule has 1 atom stereocenters. The van der Waals surface area contributed by atoms with Crippen LogP contribution in [0.25, 0.3) is 0 Å². The first-order valence-electron chi connectivity index (χ1n) is 5.45. The summed E-state index contributed by atoms with van der Waals surface area (Å²) in [5.41, 5.74) is -1.82. The van der Waals surface area contributed by atoms with Crippen molar-refractivity contribution in [2.45, 2.75) is 12.3 Å². The molecule has 1 aromatic carbocycles. The van der Waals surface area contributed by atoms with Gasteiger partial charge in [0.2, 0.25) is 0 Å². The van der Waals surface area contributed by atoms with Crippen molar-refractivity contribution < 1.29 is 27.1 Å². The summed E-state index contributed by atoms with van der Waals surface area (Å²) >= 11 is 0. The van der Waals surface area contributed by atoms with Crippen LogP contribution in [0.1, 0.15) is 22.8 Å². The second kappa shape index (κ2) is 5.16. The van der Waals surface area contributed by atoms with Crippen LogP contribution in [0, 0.1) is 11.6 Å². The smallest absolute Gasteiger partial charge is 0.384 e. The average molecular weight is 289 g/mol. The minimum Gasteiger partial charge on any atom is -0.384 e. The van der Waals surface area contributed by atoms with Crippen LogP contribution in [0.15, 0.2) is 36.7 Å². The molecule has 2 rings (SSSR count). The van der Waals surface area contributed by atoms with E-state index >= 15 is 0 Å². The van der Waals surface area contributed by atoms with E-state index in [1.165, 1.54) is 6.20 Å². The van der Waals surface area contributed by atoms with Gasteiger partial charge >= 0.3 is 6.18 Å². The largest absolute Gasteiger partial charge is 0.419 e. The summed E-state index contributed by atoms with van der Waals surface area (Å²) in [6, 6.07) is 3.10. The van der Waals surface area contributed by atoms with E-state index in [0.29, 0.717) is 12.1 Å². The van der Waals surface area contributed by atoms with Crippen molar-refractivity contribution in [2.24, 2.45) is 0 Å². The Hall–Kier alpha value is -2.02. The Kier molecular flexibility index (Phi) is 3.71. The summed E-state index contributed by atoms with van der Waals surface area (Å²) in [6.07, 6.45) is -4.34. The summed E-state index contributed by atoms with van der Waals surface area (Å²) in [7, 11) is 0. The number of aliphatic hydroxyl groups excluding tert-OH is 1. The lowest BCUT2D eigenvalue weighted by molar-refractivity contribution is -0.140. The Morgan fingerprint density at radius 2 is 1.75 bits per heavy atom. The summed E-state index contributed by atoms with van der Waals surface area (Å²) < 4.78 is 64.0. The van der Waals surface area contributed by atoms with Gasteiger partial charge < -0.3 is 5.11 Å². The van der Waals surface area contributed by atoms with Crippen LogP contribution < -0.4 is 0 Å². The van der Waals surface area contributed by atoms with Crippen molar-refractivity contribution in [1.29, 1.82) is 0 Å². The maximum absolute atomic E-state index is 13.4. The topological polar surface area (TPSA) is 33.1 Å². The van der Waals surface area contributed by atoms with E-state index in [4.69, 9.17) is 0 Å². The molecule has 20 heavy (non-hydrogen) atoms. The maximum atomic E-state index is 13.4. The van der Waals surface area contributed by atoms with Crippen molar-refractivity contribution in [3.05, 3.63) is 65.0 Å². The highest BCUT2D eigenvalue weighted by Gasteiger charge is 2.34. The predicted molar refractivity (Wildman–Crippen MR) is 59.7 cm³/mol. The highest BCUT2D eigenvalue weighted by molar-refractivity contribution is 5.33. The Labute approximate surface area is 110 Å². The number of benzene rings is 1. The molecule has 1 unspecified atom stereocenters. The van der Waals surface area contributed by atoms with E-state index in [1.807, 2.05) is 0 Å². The Bertz CT molecular complexity index is 626. The highest BCUT2D eigenvalue weighted by atomic mass is 19.4. The van der Waals surface area contributed by atoms with Gasteiger partial charge in [-0.25, -0.2) is 8.78 Å². The molecule has 7 heteroatoms. The van der Waals surface area contributed by atoms with Crippen LogP contribution in [0.3, 0.4) is 0 Å². The van der Waals surface area contributed by atoms with Gasteiger partial charge in [0.25, 0.3) is 0 Å². The van der Waals surface area contributed by atoms with Crippen LogP contribution in [0.4, 0.5) is 22.0 Å². The van der Waals surface area contributed by atoms with E-state index in [9.17, 15) is 27.1 Å². The molecule has 0 bridgehead atoms. The highest BCUT2D eigenvalue weighted by Crippen LogP contribution is 2.33. The molecule has 0 saturated heterocycles. The third kappa shape index (κ3) is 2.77. The second-order valence-electron chi connectivity index (χ2n) is 4.04. The van der Waals surface area contributed by atoms with Gasteiger partial charge in [-0.05, 0) is 23.8 Å². The molecular formula is C13H8F5NO. The SMILES string of the molecule is OC(c1ccc(C(F)(F)F)c(F)c1)c1ccncc1F. The first kappa shape index (κ1) is 14.4. The molecule has 0 spiro atoms. The van der Waals surface area contributed by atoms with Gasteiger partial charge in [0.05, 0.1) is 11.8 Å².